The quantitative estimate of drug-likeness (QED) is 0.495. The Balaban J connectivity index is 1.84. The van der Waals surface area contributed by atoms with Crippen molar-refractivity contribution in [3.63, 3.8) is 0 Å². The van der Waals surface area contributed by atoms with Crippen LogP contribution in [0.5, 0.6) is 5.75 Å². The average Bonchev–Trinajstić information content (AvgIpc) is 3.33. The number of thioether (sulfide) groups is 1. The first kappa shape index (κ1) is 22.1. The summed E-state index contributed by atoms with van der Waals surface area (Å²) in [6.07, 6.45) is 1.67. The van der Waals surface area contributed by atoms with Gasteiger partial charge in [-0.1, -0.05) is 60.4 Å². The second kappa shape index (κ2) is 7.68. The molecule has 3 atom stereocenters. The van der Waals surface area contributed by atoms with E-state index in [0.29, 0.717) is 23.2 Å². The van der Waals surface area contributed by atoms with Gasteiger partial charge in [0.15, 0.2) is 5.54 Å². The third-order valence-electron chi connectivity index (χ3n) is 7.17. The van der Waals surface area contributed by atoms with Crippen molar-refractivity contribution in [2.24, 2.45) is 0 Å². The van der Waals surface area contributed by atoms with E-state index >= 15 is 0 Å². The molecule has 2 amide bonds. The van der Waals surface area contributed by atoms with E-state index in [4.69, 9.17) is 17.0 Å². The number of ether oxygens (including phenoxy) is 1. The Hall–Kier alpha value is -2.68. The summed E-state index contributed by atoms with van der Waals surface area (Å²) in [5, 5.41) is 0. The molecule has 2 spiro atoms. The first-order chi connectivity index (χ1) is 15.8. The van der Waals surface area contributed by atoms with Crippen LogP contribution in [0.3, 0.4) is 0 Å². The van der Waals surface area contributed by atoms with Gasteiger partial charge in [-0.2, -0.15) is 0 Å². The first-order valence-electron chi connectivity index (χ1n) is 10.7. The highest BCUT2D eigenvalue weighted by molar-refractivity contribution is 8.25. The maximum atomic E-state index is 14.4. The van der Waals surface area contributed by atoms with Gasteiger partial charge in [0, 0.05) is 37.3 Å². The lowest BCUT2D eigenvalue weighted by Gasteiger charge is -2.42. The minimum atomic E-state index is -1.23. The third-order valence-corrected chi connectivity index (χ3v) is 9.11. The van der Waals surface area contributed by atoms with Gasteiger partial charge in [0.25, 0.3) is 5.91 Å². The Labute approximate surface area is 203 Å². The molecule has 2 aromatic rings. The number of carbonyl (C=O) groups excluding carboxylic acids is 2. The van der Waals surface area contributed by atoms with Crippen molar-refractivity contribution in [1.29, 1.82) is 0 Å². The van der Waals surface area contributed by atoms with Crippen LogP contribution < -0.4 is 9.64 Å². The molecule has 0 aromatic heterocycles. The molecule has 2 aromatic carbocycles. The van der Waals surface area contributed by atoms with Crippen molar-refractivity contribution in [1.82, 2.24) is 9.80 Å². The van der Waals surface area contributed by atoms with E-state index in [1.54, 1.807) is 30.0 Å². The standard InChI is InChI=1S/C25H25N3O3S2/c1-5-13-28-22(30)25(33-23(28)32)19(16-9-7-6-8-10-16)15-26(2)24(25)18-14-17(31-4)11-12-20(18)27(3)21(24)29/h5-12,14,19H,1,13,15H2,2-4H3/t19?,24-,25+/m1/s1. The summed E-state index contributed by atoms with van der Waals surface area (Å²) in [6, 6.07) is 15.6. The van der Waals surface area contributed by atoms with Crippen molar-refractivity contribution in [2.45, 2.75) is 16.2 Å². The van der Waals surface area contributed by atoms with Crippen LogP contribution in [0.15, 0.2) is 61.2 Å². The van der Waals surface area contributed by atoms with E-state index in [0.717, 1.165) is 16.8 Å². The molecule has 0 radical (unpaired) electrons. The number of hydrogen-bond acceptors (Lipinski definition) is 6. The number of benzene rings is 2. The molecular formula is C25H25N3O3S2. The summed E-state index contributed by atoms with van der Waals surface area (Å²) in [5.41, 5.74) is 1.34. The third kappa shape index (κ3) is 2.62. The van der Waals surface area contributed by atoms with E-state index in [2.05, 4.69) is 6.58 Å². The lowest BCUT2D eigenvalue weighted by atomic mass is 9.72. The second-order valence-electron chi connectivity index (χ2n) is 8.61. The van der Waals surface area contributed by atoms with Crippen molar-refractivity contribution >= 4 is 45.8 Å². The molecule has 8 heteroatoms. The Morgan fingerprint density at radius 3 is 2.58 bits per heavy atom. The molecule has 170 valence electrons. The summed E-state index contributed by atoms with van der Waals surface area (Å²) in [5.74, 6) is 0.121. The summed E-state index contributed by atoms with van der Waals surface area (Å²) in [6.45, 7) is 4.65. The van der Waals surface area contributed by atoms with Crippen LogP contribution in [0, 0.1) is 0 Å². The normalized spacial score (nSPS) is 28.9. The number of thiocarbonyl (C=S) groups is 1. The zero-order valence-corrected chi connectivity index (χ0v) is 20.4. The number of likely N-dealkylation sites (tertiary alicyclic amines) is 1. The van der Waals surface area contributed by atoms with Gasteiger partial charge < -0.3 is 9.64 Å². The number of rotatable bonds is 4. The maximum Gasteiger partial charge on any atom is 0.254 e. The number of amides is 2. The van der Waals surface area contributed by atoms with E-state index in [1.807, 2.05) is 60.5 Å². The Bertz CT molecular complexity index is 1190. The van der Waals surface area contributed by atoms with Gasteiger partial charge in [0.1, 0.15) is 14.8 Å². The number of nitrogens with zero attached hydrogens (tertiary/aromatic N) is 3. The topological polar surface area (TPSA) is 53.1 Å². The van der Waals surface area contributed by atoms with Crippen LogP contribution in [0.1, 0.15) is 17.0 Å². The van der Waals surface area contributed by atoms with Gasteiger partial charge in [-0.05, 0) is 30.8 Å². The fraction of sp³-hybridized carbons (Fsp3) is 0.320. The molecule has 3 aliphatic heterocycles. The molecule has 1 unspecified atom stereocenters. The van der Waals surface area contributed by atoms with Crippen molar-refractivity contribution in [3.8, 4) is 5.75 Å². The minimum absolute atomic E-state index is 0.129. The highest BCUT2D eigenvalue weighted by Crippen LogP contribution is 2.66. The summed E-state index contributed by atoms with van der Waals surface area (Å²) in [7, 11) is 5.30. The predicted molar refractivity (Wildman–Crippen MR) is 135 cm³/mol. The second-order valence-corrected chi connectivity index (χ2v) is 10.5. The summed E-state index contributed by atoms with van der Waals surface area (Å²) < 4.78 is 4.84. The van der Waals surface area contributed by atoms with Gasteiger partial charge in [-0.15, -0.1) is 6.58 Å². The molecule has 5 rings (SSSR count). The molecule has 0 saturated carbocycles. The van der Waals surface area contributed by atoms with Crippen molar-refractivity contribution in [3.05, 3.63) is 72.3 Å². The lowest BCUT2D eigenvalue weighted by molar-refractivity contribution is -0.138. The molecular weight excluding hydrogens is 454 g/mol. The first-order valence-corrected chi connectivity index (χ1v) is 12.0. The van der Waals surface area contributed by atoms with Gasteiger partial charge in [0.05, 0.1) is 7.11 Å². The number of likely N-dealkylation sites (N-methyl/N-ethyl adjacent to an activating group) is 2. The van der Waals surface area contributed by atoms with E-state index in [9.17, 15) is 9.59 Å². The average molecular weight is 480 g/mol. The number of hydrogen-bond donors (Lipinski definition) is 0. The zero-order chi connectivity index (χ0) is 23.5. The SMILES string of the molecule is C=CCN1C(=O)[C@@]2(SC1=S)C(c1ccccc1)CN(C)[C@]21C(=O)N(C)c2ccc(OC)cc21. The molecule has 33 heavy (non-hydrogen) atoms. The van der Waals surface area contributed by atoms with Crippen LogP contribution in [0.4, 0.5) is 5.69 Å². The molecule has 6 nitrogen and oxygen atoms in total. The smallest absolute Gasteiger partial charge is 0.254 e. The van der Waals surface area contributed by atoms with Gasteiger partial charge in [-0.3, -0.25) is 19.4 Å². The van der Waals surface area contributed by atoms with Crippen molar-refractivity contribution < 1.29 is 14.3 Å². The lowest BCUT2D eigenvalue weighted by Crippen LogP contribution is -2.62. The minimum Gasteiger partial charge on any atom is -0.497 e. The van der Waals surface area contributed by atoms with Gasteiger partial charge in [-0.25, -0.2) is 0 Å². The number of anilines is 1. The molecule has 3 aliphatic rings. The van der Waals surface area contributed by atoms with Gasteiger partial charge >= 0.3 is 0 Å². The van der Waals surface area contributed by atoms with Crippen molar-refractivity contribution in [2.75, 3.05) is 39.2 Å². The van der Waals surface area contributed by atoms with Crippen LogP contribution in [0.2, 0.25) is 0 Å². The number of methoxy groups -OCH3 is 1. The molecule has 0 N–H and O–H groups in total. The summed E-state index contributed by atoms with van der Waals surface area (Å²) >= 11 is 7.07. The predicted octanol–water partition coefficient (Wildman–Crippen LogP) is 3.38. The monoisotopic (exact) mass is 479 g/mol. The Morgan fingerprint density at radius 1 is 1.18 bits per heavy atom. The number of carbonyl (C=O) groups is 2. The molecule has 2 saturated heterocycles. The number of fused-ring (bicyclic) bond motifs is 3. The molecule has 0 aliphatic carbocycles. The molecule has 0 bridgehead atoms. The van der Waals surface area contributed by atoms with Crippen LogP contribution in [-0.4, -0.2) is 65.0 Å². The van der Waals surface area contributed by atoms with Crippen LogP contribution in [0.25, 0.3) is 0 Å². The van der Waals surface area contributed by atoms with E-state index in [1.165, 1.54) is 11.8 Å². The zero-order valence-electron chi connectivity index (χ0n) is 18.8. The van der Waals surface area contributed by atoms with Crippen LogP contribution in [-0.2, 0) is 15.1 Å². The highest BCUT2D eigenvalue weighted by Gasteiger charge is 2.78. The Morgan fingerprint density at radius 2 is 1.91 bits per heavy atom. The van der Waals surface area contributed by atoms with Gasteiger partial charge in [0.2, 0.25) is 5.91 Å². The fourth-order valence-corrected chi connectivity index (χ4v) is 7.92. The molecule has 2 fully saturated rings. The highest BCUT2D eigenvalue weighted by atomic mass is 32.2. The summed E-state index contributed by atoms with van der Waals surface area (Å²) in [4.78, 5) is 33.9. The Kier molecular flexibility index (Phi) is 5.15. The largest absolute Gasteiger partial charge is 0.497 e. The van der Waals surface area contributed by atoms with Crippen LogP contribution >= 0.6 is 24.0 Å². The van der Waals surface area contributed by atoms with E-state index in [-0.39, 0.29) is 17.7 Å². The fourth-order valence-electron chi connectivity index (χ4n) is 5.78. The van der Waals surface area contributed by atoms with E-state index < -0.39 is 10.3 Å². The molecule has 3 heterocycles. The maximum absolute atomic E-state index is 14.4.